The van der Waals surface area contributed by atoms with Gasteiger partial charge in [-0.05, 0) is 43.9 Å². The van der Waals surface area contributed by atoms with Crippen LogP contribution >= 0.6 is 12.4 Å². The molecule has 0 spiro atoms. The van der Waals surface area contributed by atoms with Crippen LogP contribution in [-0.4, -0.2) is 35.4 Å². The number of hydrogen-bond donors (Lipinski definition) is 1. The first-order chi connectivity index (χ1) is 9.52. The number of nitrogens with two attached hydrogens (primary N) is 1. The molecule has 1 aliphatic heterocycles. The summed E-state index contributed by atoms with van der Waals surface area (Å²) in [5, 5.41) is 10.7. The monoisotopic (exact) mass is 313 g/mol. The maximum atomic E-state index is 12.5. The van der Waals surface area contributed by atoms with Crippen molar-refractivity contribution in [1.29, 1.82) is 0 Å². The molecule has 1 fully saturated rings. The number of carbonyl (C=O) groups excluding carboxylic acids is 1. The summed E-state index contributed by atoms with van der Waals surface area (Å²) in [4.78, 5) is 24.5. The van der Waals surface area contributed by atoms with Gasteiger partial charge in [0.05, 0.1) is 4.92 Å². The van der Waals surface area contributed by atoms with Crippen LogP contribution in [0.1, 0.15) is 28.8 Å². The van der Waals surface area contributed by atoms with Gasteiger partial charge in [-0.1, -0.05) is 0 Å². The van der Waals surface area contributed by atoms with E-state index in [1.54, 1.807) is 17.9 Å². The van der Waals surface area contributed by atoms with Gasteiger partial charge in [0.2, 0.25) is 0 Å². The Bertz CT molecular complexity index is 536. The number of carbonyl (C=O) groups is 1. The van der Waals surface area contributed by atoms with E-state index < -0.39 is 4.92 Å². The standard InChI is InChI=1S/C14H19N3O3.ClH/c1-10-7-12(17(19)20)4-5-13(10)14(18)16-6-2-3-11(8-15)9-16;/h4-5,7,11H,2-3,6,8-9,15H2,1H3;1H. The number of amides is 1. The second kappa shape index (κ2) is 7.38. The number of rotatable bonds is 3. The lowest BCUT2D eigenvalue weighted by atomic mass is 9.97. The van der Waals surface area contributed by atoms with Gasteiger partial charge in [0, 0.05) is 30.8 Å². The van der Waals surface area contributed by atoms with Gasteiger partial charge in [-0.25, -0.2) is 0 Å². The SMILES string of the molecule is Cc1cc([N+](=O)[O-])ccc1C(=O)N1CCCC(CN)C1.Cl. The molecule has 0 bridgehead atoms. The van der Waals surface area contributed by atoms with Crippen LogP contribution in [0.4, 0.5) is 5.69 Å². The molecule has 6 nitrogen and oxygen atoms in total. The normalized spacial score (nSPS) is 18.0. The van der Waals surface area contributed by atoms with Crippen molar-refractivity contribution in [3.63, 3.8) is 0 Å². The van der Waals surface area contributed by atoms with E-state index in [0.717, 1.165) is 19.4 Å². The minimum atomic E-state index is -0.452. The van der Waals surface area contributed by atoms with Crippen LogP contribution in [0.5, 0.6) is 0 Å². The first-order valence-corrected chi connectivity index (χ1v) is 6.77. The van der Waals surface area contributed by atoms with Crippen molar-refractivity contribution < 1.29 is 9.72 Å². The number of nitro groups is 1. The Balaban J connectivity index is 0.00000220. The highest BCUT2D eigenvalue weighted by atomic mass is 35.5. The Morgan fingerprint density at radius 3 is 2.81 bits per heavy atom. The Morgan fingerprint density at radius 2 is 2.24 bits per heavy atom. The molecule has 0 radical (unpaired) electrons. The van der Waals surface area contributed by atoms with Crippen molar-refractivity contribution in [2.24, 2.45) is 11.7 Å². The zero-order chi connectivity index (χ0) is 14.7. The fourth-order valence-corrected chi connectivity index (χ4v) is 2.61. The van der Waals surface area contributed by atoms with Crippen molar-refractivity contribution in [3.05, 3.63) is 39.4 Å². The van der Waals surface area contributed by atoms with Gasteiger partial charge in [0.25, 0.3) is 11.6 Å². The highest BCUT2D eigenvalue weighted by Crippen LogP contribution is 2.22. The third kappa shape index (κ3) is 3.92. The third-order valence-electron chi connectivity index (χ3n) is 3.79. The quantitative estimate of drug-likeness (QED) is 0.684. The molecule has 2 N–H and O–H groups in total. The molecule has 1 aromatic rings. The van der Waals surface area contributed by atoms with Crippen molar-refractivity contribution in [1.82, 2.24) is 4.90 Å². The molecule has 1 aliphatic rings. The topological polar surface area (TPSA) is 89.5 Å². The summed E-state index contributed by atoms with van der Waals surface area (Å²) in [7, 11) is 0. The lowest BCUT2D eigenvalue weighted by molar-refractivity contribution is -0.384. The molecule has 7 heteroatoms. The van der Waals surface area contributed by atoms with Gasteiger partial charge in [-0.2, -0.15) is 0 Å². The number of nitrogens with zero attached hydrogens (tertiary/aromatic N) is 2. The lowest BCUT2D eigenvalue weighted by Gasteiger charge is -2.32. The van der Waals surface area contributed by atoms with Crippen LogP contribution in [0.2, 0.25) is 0 Å². The number of nitro benzene ring substituents is 1. The van der Waals surface area contributed by atoms with E-state index >= 15 is 0 Å². The molecule has 21 heavy (non-hydrogen) atoms. The fourth-order valence-electron chi connectivity index (χ4n) is 2.61. The van der Waals surface area contributed by atoms with Gasteiger partial charge in [0.1, 0.15) is 0 Å². The number of hydrogen-bond acceptors (Lipinski definition) is 4. The summed E-state index contributed by atoms with van der Waals surface area (Å²) in [6.07, 6.45) is 2.01. The molecule has 0 aromatic heterocycles. The van der Waals surface area contributed by atoms with Crippen LogP contribution in [0, 0.1) is 23.0 Å². The van der Waals surface area contributed by atoms with Crippen molar-refractivity contribution in [2.75, 3.05) is 19.6 Å². The van der Waals surface area contributed by atoms with Crippen molar-refractivity contribution in [2.45, 2.75) is 19.8 Å². The van der Waals surface area contributed by atoms with Gasteiger partial charge in [-0.15, -0.1) is 12.4 Å². The van der Waals surface area contributed by atoms with Crippen molar-refractivity contribution >= 4 is 24.0 Å². The summed E-state index contributed by atoms with van der Waals surface area (Å²) >= 11 is 0. The molecule has 1 atom stereocenters. The van der Waals surface area contributed by atoms with Gasteiger partial charge in [-0.3, -0.25) is 14.9 Å². The van der Waals surface area contributed by atoms with E-state index in [4.69, 9.17) is 5.73 Å². The van der Waals surface area contributed by atoms with E-state index in [9.17, 15) is 14.9 Å². The predicted molar refractivity (Wildman–Crippen MR) is 82.8 cm³/mol. The zero-order valence-corrected chi connectivity index (χ0v) is 12.8. The first kappa shape index (κ1) is 17.4. The molecule has 1 amide bonds. The zero-order valence-electron chi connectivity index (χ0n) is 11.9. The van der Waals surface area contributed by atoms with Gasteiger partial charge in [0.15, 0.2) is 0 Å². The molecule has 2 rings (SSSR count). The van der Waals surface area contributed by atoms with Crippen molar-refractivity contribution in [3.8, 4) is 0 Å². The second-order valence-corrected chi connectivity index (χ2v) is 5.25. The number of benzene rings is 1. The van der Waals surface area contributed by atoms with E-state index in [2.05, 4.69) is 0 Å². The molecule has 1 saturated heterocycles. The van der Waals surface area contributed by atoms with Gasteiger partial charge >= 0.3 is 0 Å². The minimum Gasteiger partial charge on any atom is -0.338 e. The Hall–Kier alpha value is -1.66. The van der Waals surface area contributed by atoms with Crippen LogP contribution in [0.3, 0.4) is 0 Å². The molecule has 0 aliphatic carbocycles. The summed E-state index contributed by atoms with van der Waals surface area (Å²) in [5.41, 5.74) is 6.86. The summed E-state index contributed by atoms with van der Waals surface area (Å²) in [6.45, 7) is 3.71. The highest BCUT2D eigenvalue weighted by molar-refractivity contribution is 5.96. The lowest BCUT2D eigenvalue weighted by Crippen LogP contribution is -2.42. The molecule has 1 aromatic carbocycles. The molecular formula is C14H20ClN3O3. The Kier molecular flexibility index (Phi) is 6.11. The summed E-state index contributed by atoms with van der Waals surface area (Å²) in [6, 6.07) is 4.37. The second-order valence-electron chi connectivity index (χ2n) is 5.25. The van der Waals surface area contributed by atoms with Crippen LogP contribution in [-0.2, 0) is 0 Å². The molecule has 1 unspecified atom stereocenters. The number of non-ortho nitro benzene ring substituents is 1. The van der Waals surface area contributed by atoms with E-state index in [1.165, 1.54) is 12.1 Å². The molecule has 116 valence electrons. The Morgan fingerprint density at radius 1 is 1.52 bits per heavy atom. The van der Waals surface area contributed by atoms with Crippen LogP contribution in [0.25, 0.3) is 0 Å². The first-order valence-electron chi connectivity index (χ1n) is 6.77. The molecule has 0 saturated carbocycles. The number of likely N-dealkylation sites (tertiary alicyclic amines) is 1. The van der Waals surface area contributed by atoms with E-state index in [-0.39, 0.29) is 24.0 Å². The average Bonchev–Trinajstić information content (AvgIpc) is 2.46. The fraction of sp³-hybridized carbons (Fsp3) is 0.500. The minimum absolute atomic E-state index is 0. The maximum absolute atomic E-state index is 12.5. The highest BCUT2D eigenvalue weighted by Gasteiger charge is 2.25. The predicted octanol–water partition coefficient (Wildman–Crippen LogP) is 2.14. The van der Waals surface area contributed by atoms with E-state index in [0.29, 0.717) is 30.1 Å². The third-order valence-corrected chi connectivity index (χ3v) is 3.79. The van der Waals surface area contributed by atoms with Crippen LogP contribution in [0.15, 0.2) is 18.2 Å². The maximum Gasteiger partial charge on any atom is 0.269 e. The summed E-state index contributed by atoms with van der Waals surface area (Å²) in [5.74, 6) is 0.293. The summed E-state index contributed by atoms with van der Waals surface area (Å²) < 4.78 is 0. The smallest absolute Gasteiger partial charge is 0.269 e. The molecule has 1 heterocycles. The Labute approximate surface area is 129 Å². The number of aryl methyl sites for hydroxylation is 1. The molecular weight excluding hydrogens is 294 g/mol. The number of piperidine rings is 1. The van der Waals surface area contributed by atoms with E-state index in [1.807, 2.05) is 0 Å². The van der Waals surface area contributed by atoms with Gasteiger partial charge < -0.3 is 10.6 Å². The average molecular weight is 314 g/mol. The largest absolute Gasteiger partial charge is 0.338 e. The van der Waals surface area contributed by atoms with Crippen LogP contribution < -0.4 is 5.73 Å². The number of halogens is 1.